The van der Waals surface area contributed by atoms with Crippen molar-refractivity contribution in [3.05, 3.63) is 71.7 Å². The van der Waals surface area contributed by atoms with Crippen LogP contribution in [0.25, 0.3) is 0 Å². The summed E-state index contributed by atoms with van der Waals surface area (Å²) in [6.45, 7) is 1.45. The first-order valence-corrected chi connectivity index (χ1v) is 12.1. The van der Waals surface area contributed by atoms with Crippen molar-refractivity contribution >= 4 is 38.0 Å². The lowest BCUT2D eigenvalue weighted by Gasteiger charge is -2.19. The molecule has 3 rings (SSSR count). The maximum absolute atomic E-state index is 10.8. The van der Waals surface area contributed by atoms with Crippen LogP contribution in [0.1, 0.15) is 18.4 Å². The van der Waals surface area contributed by atoms with Gasteiger partial charge in [-0.3, -0.25) is 4.55 Å². The van der Waals surface area contributed by atoms with Gasteiger partial charge in [0.1, 0.15) is 11.9 Å². The predicted octanol–water partition coefficient (Wildman–Crippen LogP) is 4.76. The number of hydrogen-bond acceptors (Lipinski definition) is 6. The van der Waals surface area contributed by atoms with E-state index in [1.165, 1.54) is 16.9 Å². The molecule has 0 amide bonds. The molecule has 3 aromatic rings. The maximum Gasteiger partial charge on any atom is 0.408 e. The fraction of sp³-hybridized carbons (Fsp3) is 0.286. The molecule has 2 aromatic carbocycles. The minimum atomic E-state index is -3.90. The molecule has 158 valence electrons. The van der Waals surface area contributed by atoms with Crippen molar-refractivity contribution in [2.75, 3.05) is 17.7 Å². The molecular formula is C21H25N4O3S2+. The summed E-state index contributed by atoms with van der Waals surface area (Å²) in [6, 6.07) is 18.2. The van der Waals surface area contributed by atoms with Crippen LogP contribution in [0.15, 0.2) is 76.4 Å². The Bertz CT molecular complexity index is 1070. The van der Waals surface area contributed by atoms with Crippen LogP contribution < -0.4 is 9.47 Å². The second kappa shape index (κ2) is 10.4. The van der Waals surface area contributed by atoms with Gasteiger partial charge < -0.3 is 4.90 Å². The van der Waals surface area contributed by atoms with Crippen LogP contribution in [-0.2, 0) is 23.2 Å². The van der Waals surface area contributed by atoms with Crippen LogP contribution >= 0.6 is 11.3 Å². The first-order valence-electron chi connectivity index (χ1n) is 9.60. The summed E-state index contributed by atoms with van der Waals surface area (Å²) in [5.74, 6) is -0.223. The fourth-order valence-corrected chi connectivity index (χ4v) is 4.21. The van der Waals surface area contributed by atoms with Gasteiger partial charge in [0.25, 0.3) is 10.1 Å². The molecule has 1 heterocycles. The Balaban J connectivity index is 1.56. The zero-order valence-corrected chi connectivity index (χ0v) is 18.4. The van der Waals surface area contributed by atoms with E-state index in [0.29, 0.717) is 19.4 Å². The monoisotopic (exact) mass is 445 g/mol. The quantitative estimate of drug-likeness (QED) is 0.211. The molecule has 0 spiro atoms. The maximum atomic E-state index is 10.8. The Kier molecular flexibility index (Phi) is 7.67. The zero-order valence-electron chi connectivity index (χ0n) is 16.8. The van der Waals surface area contributed by atoms with Crippen molar-refractivity contribution in [3.63, 3.8) is 0 Å². The number of unbranched alkanes of at least 4 members (excludes halogenated alkanes) is 1. The molecule has 9 heteroatoms. The summed E-state index contributed by atoms with van der Waals surface area (Å²) in [6.07, 6.45) is 2.93. The highest BCUT2D eigenvalue weighted by Gasteiger charge is 2.13. The Labute approximate surface area is 181 Å². The Morgan fingerprint density at radius 1 is 1.03 bits per heavy atom. The van der Waals surface area contributed by atoms with E-state index < -0.39 is 10.1 Å². The van der Waals surface area contributed by atoms with E-state index in [9.17, 15) is 8.42 Å². The van der Waals surface area contributed by atoms with Crippen LogP contribution in [0, 0.1) is 0 Å². The van der Waals surface area contributed by atoms with Crippen molar-refractivity contribution in [3.8, 4) is 0 Å². The van der Waals surface area contributed by atoms with Crippen LogP contribution in [0.2, 0.25) is 0 Å². The third-order valence-corrected chi connectivity index (χ3v) is 6.10. The first kappa shape index (κ1) is 22.1. The Morgan fingerprint density at radius 2 is 1.77 bits per heavy atom. The van der Waals surface area contributed by atoms with E-state index in [4.69, 9.17) is 4.55 Å². The van der Waals surface area contributed by atoms with E-state index >= 15 is 0 Å². The van der Waals surface area contributed by atoms with E-state index in [1.54, 1.807) is 0 Å². The van der Waals surface area contributed by atoms with Gasteiger partial charge in [0.2, 0.25) is 0 Å². The van der Waals surface area contributed by atoms with Gasteiger partial charge in [0.15, 0.2) is 0 Å². The van der Waals surface area contributed by atoms with Crippen molar-refractivity contribution in [2.45, 2.75) is 25.9 Å². The van der Waals surface area contributed by atoms with Crippen molar-refractivity contribution in [1.29, 1.82) is 0 Å². The van der Waals surface area contributed by atoms with Gasteiger partial charge in [-0.2, -0.15) is 8.42 Å². The molecule has 0 unspecified atom stereocenters. The minimum absolute atomic E-state index is 0.223. The second-order valence-corrected chi connectivity index (χ2v) is 9.38. The van der Waals surface area contributed by atoms with Gasteiger partial charge in [-0.15, -0.1) is 0 Å². The molecular weight excluding hydrogens is 420 g/mol. The van der Waals surface area contributed by atoms with Gasteiger partial charge in [-0.1, -0.05) is 30.3 Å². The smallest absolute Gasteiger partial charge is 0.370 e. The third kappa shape index (κ3) is 7.01. The number of azo groups is 1. The van der Waals surface area contributed by atoms with Gasteiger partial charge in [0, 0.05) is 24.7 Å². The van der Waals surface area contributed by atoms with Crippen LogP contribution in [0.3, 0.4) is 0 Å². The number of nitrogens with zero attached hydrogens (tertiary/aromatic N) is 4. The molecule has 0 saturated heterocycles. The van der Waals surface area contributed by atoms with Crippen LogP contribution in [-0.4, -0.2) is 25.8 Å². The van der Waals surface area contributed by atoms with Crippen molar-refractivity contribution in [2.24, 2.45) is 10.2 Å². The highest BCUT2D eigenvalue weighted by atomic mass is 32.2. The SMILES string of the molecule is CN(Cc1ccccc1)c1ccc(N=Nc2scc[n+]2CCCCS(=O)(=O)O)cc1. The molecule has 0 aliphatic heterocycles. The van der Waals surface area contributed by atoms with Gasteiger partial charge >= 0.3 is 5.13 Å². The molecule has 30 heavy (non-hydrogen) atoms. The average molecular weight is 446 g/mol. The van der Waals surface area contributed by atoms with Crippen molar-refractivity contribution < 1.29 is 17.5 Å². The summed E-state index contributed by atoms with van der Waals surface area (Å²) in [7, 11) is -1.85. The summed E-state index contributed by atoms with van der Waals surface area (Å²) >= 11 is 1.47. The summed E-state index contributed by atoms with van der Waals surface area (Å²) in [5, 5.41) is 11.3. The topological polar surface area (TPSA) is 86.2 Å². The Hall–Kier alpha value is -2.62. The number of thiazole rings is 1. The van der Waals surface area contributed by atoms with Crippen molar-refractivity contribution in [1.82, 2.24) is 0 Å². The number of aromatic nitrogens is 1. The molecule has 0 saturated carbocycles. The molecule has 1 N–H and O–H groups in total. The fourth-order valence-electron chi connectivity index (χ4n) is 2.94. The highest BCUT2D eigenvalue weighted by molar-refractivity contribution is 7.85. The highest BCUT2D eigenvalue weighted by Crippen LogP contribution is 2.23. The molecule has 7 nitrogen and oxygen atoms in total. The summed E-state index contributed by atoms with van der Waals surface area (Å²) in [4.78, 5) is 2.18. The van der Waals surface area contributed by atoms with E-state index in [1.807, 2.05) is 58.6 Å². The lowest BCUT2D eigenvalue weighted by atomic mass is 10.2. The van der Waals surface area contributed by atoms with E-state index in [-0.39, 0.29) is 5.75 Å². The van der Waals surface area contributed by atoms with E-state index in [2.05, 4.69) is 34.3 Å². The van der Waals surface area contributed by atoms with Gasteiger partial charge in [-0.05, 0) is 59.1 Å². The molecule has 1 aromatic heterocycles. The largest absolute Gasteiger partial charge is 0.408 e. The molecule has 0 fully saturated rings. The molecule has 0 aliphatic rings. The Morgan fingerprint density at radius 3 is 2.47 bits per heavy atom. The van der Waals surface area contributed by atoms with Crippen LogP contribution in [0.5, 0.6) is 0 Å². The summed E-state index contributed by atoms with van der Waals surface area (Å²) in [5.41, 5.74) is 3.11. The average Bonchev–Trinajstić information content (AvgIpc) is 3.17. The van der Waals surface area contributed by atoms with E-state index in [0.717, 1.165) is 23.1 Å². The first-order chi connectivity index (χ1) is 14.4. The summed E-state index contributed by atoms with van der Waals surface area (Å²) < 4.78 is 32.3. The number of aryl methyl sites for hydroxylation is 1. The minimum Gasteiger partial charge on any atom is -0.370 e. The zero-order chi connectivity index (χ0) is 21.4. The number of hydrogen-bond donors (Lipinski definition) is 1. The normalized spacial score (nSPS) is 11.8. The number of anilines is 1. The van der Waals surface area contributed by atoms with Gasteiger partial charge in [0.05, 0.1) is 17.4 Å². The lowest BCUT2D eigenvalue weighted by molar-refractivity contribution is -0.680. The second-order valence-electron chi connectivity index (χ2n) is 6.93. The number of rotatable bonds is 10. The molecule has 0 aliphatic carbocycles. The standard InChI is InChI=1S/C21H24N4O3S2/c1-24(17-18-7-3-2-4-8-18)20-11-9-19(10-12-20)22-23-21-25(14-15-29-21)13-5-6-16-30(26,27)28/h2-4,7-12,14-15H,5-6,13,16-17H2,1H3/p+1. The molecule has 0 atom stereocenters. The van der Waals surface area contributed by atoms with Crippen LogP contribution in [0.4, 0.5) is 16.5 Å². The molecule has 0 bridgehead atoms. The lowest BCUT2D eigenvalue weighted by Crippen LogP contribution is -2.31. The predicted molar refractivity (Wildman–Crippen MR) is 119 cm³/mol. The third-order valence-electron chi connectivity index (χ3n) is 4.52. The number of benzene rings is 2. The van der Waals surface area contributed by atoms with Gasteiger partial charge in [-0.25, -0.2) is 4.57 Å². The molecule has 0 radical (unpaired) electrons.